The summed E-state index contributed by atoms with van der Waals surface area (Å²) in [5, 5.41) is 6.12. The Morgan fingerprint density at radius 2 is 2.29 bits per heavy atom. The maximum absolute atomic E-state index is 11.5. The highest BCUT2D eigenvalue weighted by atomic mass is 16.1. The van der Waals surface area contributed by atoms with Crippen LogP contribution in [0.2, 0.25) is 0 Å². The third kappa shape index (κ3) is 5.49. The minimum atomic E-state index is 0.0348. The molecule has 0 aliphatic heterocycles. The first-order valence-electron chi connectivity index (χ1n) is 6.12. The van der Waals surface area contributed by atoms with Gasteiger partial charge in [0.05, 0.1) is 12.0 Å². The predicted octanol–water partition coefficient (Wildman–Crippen LogP) is 0.907. The molecule has 96 valence electrons. The van der Waals surface area contributed by atoms with Gasteiger partial charge in [-0.2, -0.15) is 0 Å². The van der Waals surface area contributed by atoms with E-state index in [2.05, 4.69) is 29.5 Å². The monoisotopic (exact) mass is 238 g/mol. The molecule has 0 spiro atoms. The zero-order chi connectivity index (χ0) is 12.7. The number of nitrogens with zero attached hydrogens (tertiary/aromatic N) is 2. The molecule has 0 aliphatic carbocycles. The number of imidazole rings is 1. The van der Waals surface area contributed by atoms with Crippen LogP contribution in [0.3, 0.4) is 0 Å². The molecule has 5 heteroatoms. The number of amides is 1. The van der Waals surface area contributed by atoms with Crippen molar-refractivity contribution in [3.63, 3.8) is 0 Å². The van der Waals surface area contributed by atoms with Crippen LogP contribution in [0.4, 0.5) is 0 Å². The third-order valence-electron chi connectivity index (χ3n) is 2.28. The van der Waals surface area contributed by atoms with Crippen molar-refractivity contribution >= 4 is 5.91 Å². The molecule has 2 N–H and O–H groups in total. The van der Waals surface area contributed by atoms with Crippen LogP contribution in [0.1, 0.15) is 32.9 Å². The molecule has 0 aromatic carbocycles. The predicted molar refractivity (Wildman–Crippen MR) is 67.5 cm³/mol. The zero-order valence-corrected chi connectivity index (χ0v) is 10.9. The van der Waals surface area contributed by atoms with E-state index in [1.807, 2.05) is 17.7 Å². The summed E-state index contributed by atoms with van der Waals surface area (Å²) >= 11 is 0. The van der Waals surface area contributed by atoms with E-state index in [0.29, 0.717) is 12.6 Å². The Balaban J connectivity index is 2.37. The Kier molecular flexibility index (Phi) is 5.69. The second kappa shape index (κ2) is 7.06. The maximum Gasteiger partial charge on any atom is 0.239 e. The SMILES string of the molecule is CCCNC(=O)Cn1cnc(CNC(C)C)c1. The van der Waals surface area contributed by atoms with E-state index in [9.17, 15) is 4.79 Å². The molecule has 0 aliphatic rings. The lowest BCUT2D eigenvalue weighted by Gasteiger charge is -2.05. The first kappa shape index (κ1) is 13.7. The van der Waals surface area contributed by atoms with Crippen molar-refractivity contribution in [1.29, 1.82) is 0 Å². The van der Waals surface area contributed by atoms with Gasteiger partial charge in [0.15, 0.2) is 0 Å². The quantitative estimate of drug-likeness (QED) is 0.742. The van der Waals surface area contributed by atoms with E-state index >= 15 is 0 Å². The largest absolute Gasteiger partial charge is 0.355 e. The number of carbonyl (C=O) groups excluding carboxylic acids is 1. The summed E-state index contributed by atoms with van der Waals surface area (Å²) < 4.78 is 1.81. The maximum atomic E-state index is 11.5. The molecule has 1 heterocycles. The number of rotatable bonds is 7. The van der Waals surface area contributed by atoms with Gasteiger partial charge in [-0.25, -0.2) is 4.98 Å². The van der Waals surface area contributed by atoms with E-state index in [4.69, 9.17) is 0 Å². The summed E-state index contributed by atoms with van der Waals surface area (Å²) in [5.41, 5.74) is 0.960. The van der Waals surface area contributed by atoms with Gasteiger partial charge in [-0.1, -0.05) is 20.8 Å². The lowest BCUT2D eigenvalue weighted by atomic mass is 10.3. The van der Waals surface area contributed by atoms with Crippen LogP contribution < -0.4 is 10.6 Å². The van der Waals surface area contributed by atoms with Gasteiger partial charge in [-0.15, -0.1) is 0 Å². The van der Waals surface area contributed by atoms with E-state index in [0.717, 1.165) is 25.2 Å². The van der Waals surface area contributed by atoms with Crippen LogP contribution in [-0.2, 0) is 17.9 Å². The molecule has 5 nitrogen and oxygen atoms in total. The minimum absolute atomic E-state index is 0.0348. The van der Waals surface area contributed by atoms with Crippen molar-refractivity contribution in [3.8, 4) is 0 Å². The van der Waals surface area contributed by atoms with Crippen LogP contribution in [0, 0.1) is 0 Å². The zero-order valence-electron chi connectivity index (χ0n) is 10.9. The summed E-state index contributed by atoms with van der Waals surface area (Å²) in [5.74, 6) is 0.0348. The molecule has 0 saturated heterocycles. The van der Waals surface area contributed by atoms with Gasteiger partial charge in [-0.3, -0.25) is 4.79 Å². The first-order valence-corrected chi connectivity index (χ1v) is 6.12. The molecule has 1 aromatic heterocycles. The molecule has 0 atom stereocenters. The third-order valence-corrected chi connectivity index (χ3v) is 2.28. The summed E-state index contributed by atoms with van der Waals surface area (Å²) in [6.45, 7) is 8.03. The molecule has 17 heavy (non-hydrogen) atoms. The van der Waals surface area contributed by atoms with Crippen molar-refractivity contribution in [3.05, 3.63) is 18.2 Å². The highest BCUT2D eigenvalue weighted by Crippen LogP contribution is 1.96. The average molecular weight is 238 g/mol. The Hall–Kier alpha value is -1.36. The Morgan fingerprint density at radius 3 is 2.94 bits per heavy atom. The Labute approximate surface area is 103 Å². The van der Waals surface area contributed by atoms with E-state index in [1.54, 1.807) is 6.33 Å². The van der Waals surface area contributed by atoms with Gasteiger partial charge in [0, 0.05) is 25.3 Å². The van der Waals surface area contributed by atoms with Crippen molar-refractivity contribution in [1.82, 2.24) is 20.2 Å². The normalized spacial score (nSPS) is 10.8. The molecule has 1 aromatic rings. The van der Waals surface area contributed by atoms with Crippen LogP contribution >= 0.6 is 0 Å². The van der Waals surface area contributed by atoms with Gasteiger partial charge < -0.3 is 15.2 Å². The van der Waals surface area contributed by atoms with Crippen molar-refractivity contribution in [2.24, 2.45) is 0 Å². The highest BCUT2D eigenvalue weighted by Gasteiger charge is 2.04. The number of aromatic nitrogens is 2. The molecule has 0 unspecified atom stereocenters. The Bertz CT molecular complexity index is 346. The van der Waals surface area contributed by atoms with Gasteiger partial charge >= 0.3 is 0 Å². The number of hydrogen-bond donors (Lipinski definition) is 2. The van der Waals surface area contributed by atoms with Gasteiger partial charge in [0.25, 0.3) is 0 Å². The average Bonchev–Trinajstić information content (AvgIpc) is 2.71. The smallest absolute Gasteiger partial charge is 0.239 e. The van der Waals surface area contributed by atoms with Gasteiger partial charge in [-0.05, 0) is 6.42 Å². The fourth-order valence-corrected chi connectivity index (χ4v) is 1.38. The Morgan fingerprint density at radius 1 is 1.53 bits per heavy atom. The number of nitrogens with one attached hydrogen (secondary N) is 2. The summed E-state index contributed by atoms with van der Waals surface area (Å²) in [6.07, 6.45) is 4.56. The van der Waals surface area contributed by atoms with Crippen molar-refractivity contribution in [2.45, 2.75) is 46.3 Å². The van der Waals surface area contributed by atoms with E-state index in [1.165, 1.54) is 0 Å². The van der Waals surface area contributed by atoms with Crippen molar-refractivity contribution in [2.75, 3.05) is 6.54 Å². The molecule has 1 amide bonds. The summed E-state index contributed by atoms with van der Waals surface area (Å²) in [6, 6.07) is 0.438. The highest BCUT2D eigenvalue weighted by molar-refractivity contribution is 5.75. The molecule has 0 saturated carbocycles. The lowest BCUT2D eigenvalue weighted by molar-refractivity contribution is -0.121. The summed E-state index contributed by atoms with van der Waals surface area (Å²) in [7, 11) is 0. The molecule has 0 fully saturated rings. The van der Waals surface area contributed by atoms with Crippen LogP contribution in [-0.4, -0.2) is 28.0 Å². The van der Waals surface area contributed by atoms with E-state index < -0.39 is 0 Å². The standard InChI is InChI=1S/C12H22N4O/c1-4-5-13-12(17)8-16-7-11(15-9-16)6-14-10(2)3/h7,9-10,14H,4-6,8H2,1-3H3,(H,13,17). The second-order valence-corrected chi connectivity index (χ2v) is 4.42. The summed E-state index contributed by atoms with van der Waals surface area (Å²) in [4.78, 5) is 15.7. The second-order valence-electron chi connectivity index (χ2n) is 4.42. The van der Waals surface area contributed by atoms with Crippen LogP contribution in [0.15, 0.2) is 12.5 Å². The number of carbonyl (C=O) groups is 1. The molecule has 1 rings (SSSR count). The molecular formula is C12H22N4O. The molecule has 0 bridgehead atoms. The van der Waals surface area contributed by atoms with E-state index in [-0.39, 0.29) is 5.91 Å². The van der Waals surface area contributed by atoms with Gasteiger partial charge in [0.2, 0.25) is 5.91 Å². The van der Waals surface area contributed by atoms with Crippen LogP contribution in [0.25, 0.3) is 0 Å². The molecule has 0 radical (unpaired) electrons. The topological polar surface area (TPSA) is 59.0 Å². The molecular weight excluding hydrogens is 216 g/mol. The number of hydrogen-bond acceptors (Lipinski definition) is 3. The van der Waals surface area contributed by atoms with Crippen LogP contribution in [0.5, 0.6) is 0 Å². The minimum Gasteiger partial charge on any atom is -0.355 e. The van der Waals surface area contributed by atoms with Gasteiger partial charge in [0.1, 0.15) is 6.54 Å². The first-order chi connectivity index (χ1) is 8.11. The fraction of sp³-hybridized carbons (Fsp3) is 0.667. The fourth-order valence-electron chi connectivity index (χ4n) is 1.38. The van der Waals surface area contributed by atoms with Crippen molar-refractivity contribution < 1.29 is 4.79 Å². The lowest BCUT2D eigenvalue weighted by Crippen LogP contribution is -2.27.